The number of thiophene rings is 1. The van der Waals surface area contributed by atoms with Gasteiger partial charge in [0.2, 0.25) is 5.91 Å². The third-order valence-corrected chi connectivity index (χ3v) is 7.37. The number of halogens is 1. The number of methoxy groups -OCH3 is 2. The van der Waals surface area contributed by atoms with Crippen LogP contribution in [0.5, 0.6) is 17.2 Å². The Hall–Kier alpha value is -3.48. The highest BCUT2D eigenvalue weighted by atomic mass is 35.5. The van der Waals surface area contributed by atoms with Gasteiger partial charge >= 0.3 is 0 Å². The first kappa shape index (κ1) is 23.3. The van der Waals surface area contributed by atoms with Gasteiger partial charge in [0.25, 0.3) is 0 Å². The van der Waals surface area contributed by atoms with Gasteiger partial charge in [0, 0.05) is 33.2 Å². The SMILES string of the molecule is COc1ccc(-c2csc3c2NC(=O)CC3c2cccc(OCc3cccc(Cl)c3)c2)cc1OC. The topological polar surface area (TPSA) is 56.8 Å². The Morgan fingerprint density at radius 3 is 2.63 bits per heavy atom. The quantitative estimate of drug-likeness (QED) is 0.290. The highest BCUT2D eigenvalue weighted by Gasteiger charge is 2.31. The summed E-state index contributed by atoms with van der Waals surface area (Å²) in [4.78, 5) is 13.9. The standard InChI is InChI=1S/C28H24ClNO4S/c1-32-24-10-9-19(13-25(24)33-2)23-16-35-28-22(14-26(31)30-27(23)28)18-6-4-8-21(12-18)34-15-17-5-3-7-20(29)11-17/h3-13,16,22H,14-15H2,1-2H3,(H,30,31). The molecule has 0 saturated heterocycles. The van der Waals surface area contributed by atoms with E-state index < -0.39 is 0 Å². The lowest BCUT2D eigenvalue weighted by Gasteiger charge is -2.24. The monoisotopic (exact) mass is 505 g/mol. The summed E-state index contributed by atoms with van der Waals surface area (Å²) in [7, 11) is 3.23. The maximum absolute atomic E-state index is 12.7. The van der Waals surface area contributed by atoms with Crippen LogP contribution in [0.4, 0.5) is 5.69 Å². The zero-order chi connectivity index (χ0) is 24.4. The minimum absolute atomic E-state index is 0.00660. The number of nitrogens with one attached hydrogen (secondary N) is 1. The van der Waals surface area contributed by atoms with Gasteiger partial charge < -0.3 is 19.5 Å². The third-order valence-electron chi connectivity index (χ3n) is 6.04. The molecular weight excluding hydrogens is 482 g/mol. The first-order chi connectivity index (χ1) is 17.1. The summed E-state index contributed by atoms with van der Waals surface area (Å²) in [5.74, 6) is 2.01. The molecule has 178 valence electrons. The first-order valence-corrected chi connectivity index (χ1v) is 12.4. The smallest absolute Gasteiger partial charge is 0.225 e. The van der Waals surface area contributed by atoms with Crippen molar-refractivity contribution in [3.05, 3.63) is 93.1 Å². The molecule has 0 bridgehead atoms. The number of benzene rings is 3. The van der Waals surface area contributed by atoms with Crippen molar-refractivity contribution < 1.29 is 19.0 Å². The second kappa shape index (κ2) is 10.0. The van der Waals surface area contributed by atoms with E-state index in [2.05, 4.69) is 16.8 Å². The molecule has 1 N–H and O–H groups in total. The molecule has 1 aliphatic rings. The van der Waals surface area contributed by atoms with Crippen LogP contribution in [-0.4, -0.2) is 20.1 Å². The zero-order valence-electron chi connectivity index (χ0n) is 19.3. The molecule has 5 rings (SSSR count). The summed E-state index contributed by atoms with van der Waals surface area (Å²) in [6.45, 7) is 0.420. The second-order valence-electron chi connectivity index (χ2n) is 8.25. The zero-order valence-corrected chi connectivity index (χ0v) is 20.9. The Kier molecular flexibility index (Phi) is 6.66. The molecule has 0 saturated carbocycles. The van der Waals surface area contributed by atoms with Crippen molar-refractivity contribution in [2.75, 3.05) is 19.5 Å². The Morgan fingerprint density at radius 1 is 1.00 bits per heavy atom. The predicted octanol–water partition coefficient (Wildman–Crippen LogP) is 7.14. The van der Waals surface area contributed by atoms with E-state index in [1.807, 2.05) is 60.7 Å². The lowest BCUT2D eigenvalue weighted by molar-refractivity contribution is -0.116. The van der Waals surface area contributed by atoms with Crippen LogP contribution in [0.2, 0.25) is 5.02 Å². The molecule has 4 aromatic rings. The van der Waals surface area contributed by atoms with Crippen LogP contribution in [-0.2, 0) is 11.4 Å². The fraction of sp³-hybridized carbons (Fsp3) is 0.179. The number of hydrogen-bond donors (Lipinski definition) is 1. The third kappa shape index (κ3) is 4.85. The Labute approximate surface area is 213 Å². The summed E-state index contributed by atoms with van der Waals surface area (Å²) in [5, 5.41) is 5.87. The van der Waals surface area contributed by atoms with Crippen molar-refractivity contribution in [2.24, 2.45) is 0 Å². The van der Waals surface area contributed by atoms with E-state index in [4.69, 9.17) is 25.8 Å². The maximum atomic E-state index is 12.7. The van der Waals surface area contributed by atoms with Crippen molar-refractivity contribution >= 4 is 34.5 Å². The van der Waals surface area contributed by atoms with Gasteiger partial charge in [-0.3, -0.25) is 4.79 Å². The van der Waals surface area contributed by atoms with E-state index in [1.54, 1.807) is 25.6 Å². The molecular formula is C28H24ClNO4S. The van der Waals surface area contributed by atoms with Crippen molar-refractivity contribution in [1.29, 1.82) is 0 Å². The van der Waals surface area contributed by atoms with Crippen LogP contribution in [0.25, 0.3) is 11.1 Å². The molecule has 3 aromatic carbocycles. The molecule has 0 aliphatic carbocycles. The minimum Gasteiger partial charge on any atom is -0.493 e. The van der Waals surface area contributed by atoms with Crippen LogP contribution in [0, 0.1) is 0 Å². The molecule has 0 spiro atoms. The van der Waals surface area contributed by atoms with Crippen molar-refractivity contribution in [2.45, 2.75) is 18.9 Å². The Bertz CT molecular complexity index is 1380. The van der Waals surface area contributed by atoms with Gasteiger partial charge in [-0.2, -0.15) is 0 Å². The molecule has 1 amide bonds. The van der Waals surface area contributed by atoms with Gasteiger partial charge in [-0.1, -0.05) is 41.9 Å². The van der Waals surface area contributed by atoms with Crippen LogP contribution in [0.1, 0.15) is 28.3 Å². The number of anilines is 1. The number of rotatable bonds is 7. The molecule has 35 heavy (non-hydrogen) atoms. The summed E-state index contributed by atoms with van der Waals surface area (Å²) in [6, 6.07) is 21.4. The number of hydrogen-bond acceptors (Lipinski definition) is 5. The van der Waals surface area contributed by atoms with Gasteiger partial charge in [0.05, 0.1) is 19.9 Å². The fourth-order valence-corrected chi connectivity index (χ4v) is 5.70. The van der Waals surface area contributed by atoms with Gasteiger partial charge in [-0.15, -0.1) is 11.3 Å². The minimum atomic E-state index is -0.0487. The van der Waals surface area contributed by atoms with Gasteiger partial charge in [0.15, 0.2) is 11.5 Å². The van der Waals surface area contributed by atoms with Crippen LogP contribution >= 0.6 is 22.9 Å². The normalized spacial score (nSPS) is 14.7. The highest BCUT2D eigenvalue weighted by molar-refractivity contribution is 7.11. The van der Waals surface area contributed by atoms with Crippen LogP contribution in [0.3, 0.4) is 0 Å². The van der Waals surface area contributed by atoms with E-state index in [-0.39, 0.29) is 11.8 Å². The molecule has 0 radical (unpaired) electrons. The second-order valence-corrected chi connectivity index (χ2v) is 9.60. The van der Waals surface area contributed by atoms with Crippen molar-refractivity contribution in [3.8, 4) is 28.4 Å². The lowest BCUT2D eigenvalue weighted by atomic mass is 9.89. The molecule has 2 heterocycles. The Morgan fingerprint density at radius 2 is 1.83 bits per heavy atom. The van der Waals surface area contributed by atoms with E-state index in [9.17, 15) is 4.79 Å². The molecule has 1 atom stereocenters. The van der Waals surface area contributed by atoms with Crippen molar-refractivity contribution in [3.63, 3.8) is 0 Å². The average molecular weight is 506 g/mol. The number of ether oxygens (including phenoxy) is 3. The lowest BCUT2D eigenvalue weighted by Crippen LogP contribution is -2.22. The van der Waals surface area contributed by atoms with E-state index in [0.717, 1.165) is 38.6 Å². The largest absolute Gasteiger partial charge is 0.493 e. The van der Waals surface area contributed by atoms with E-state index >= 15 is 0 Å². The molecule has 5 nitrogen and oxygen atoms in total. The number of fused-ring (bicyclic) bond motifs is 1. The van der Waals surface area contributed by atoms with Gasteiger partial charge in [0.1, 0.15) is 12.4 Å². The number of carbonyl (C=O) groups is 1. The van der Waals surface area contributed by atoms with E-state index in [1.165, 1.54) is 0 Å². The molecule has 0 fully saturated rings. The fourth-order valence-electron chi connectivity index (χ4n) is 4.33. The Balaban J connectivity index is 1.44. The molecule has 1 aromatic heterocycles. The van der Waals surface area contributed by atoms with Gasteiger partial charge in [-0.05, 0) is 53.1 Å². The molecule has 7 heteroatoms. The summed E-state index contributed by atoms with van der Waals surface area (Å²) >= 11 is 7.74. The van der Waals surface area contributed by atoms with Crippen LogP contribution in [0.15, 0.2) is 72.1 Å². The summed E-state index contributed by atoms with van der Waals surface area (Å²) < 4.78 is 16.9. The van der Waals surface area contributed by atoms with Gasteiger partial charge in [-0.25, -0.2) is 0 Å². The predicted molar refractivity (Wildman–Crippen MR) is 140 cm³/mol. The first-order valence-electron chi connectivity index (χ1n) is 11.2. The summed E-state index contributed by atoms with van der Waals surface area (Å²) in [6.07, 6.45) is 0.386. The van der Waals surface area contributed by atoms with Crippen LogP contribution < -0.4 is 19.5 Å². The number of amides is 1. The van der Waals surface area contributed by atoms with Crippen molar-refractivity contribution in [1.82, 2.24) is 0 Å². The molecule has 1 aliphatic heterocycles. The highest BCUT2D eigenvalue weighted by Crippen LogP contribution is 2.48. The average Bonchev–Trinajstić information content (AvgIpc) is 3.30. The summed E-state index contributed by atoms with van der Waals surface area (Å²) in [5.41, 5.74) is 4.83. The maximum Gasteiger partial charge on any atom is 0.225 e. The van der Waals surface area contributed by atoms with E-state index in [0.29, 0.717) is 29.5 Å². The number of carbonyl (C=O) groups excluding carboxylic acids is 1. The molecule has 1 unspecified atom stereocenters.